The maximum absolute atomic E-state index is 13.8. The van der Waals surface area contributed by atoms with Crippen molar-refractivity contribution in [3.8, 4) is 11.5 Å². The summed E-state index contributed by atoms with van der Waals surface area (Å²) in [6.45, 7) is 0.538. The molecule has 206 valence electrons. The number of nitrogens with one attached hydrogen (secondary N) is 2. The van der Waals surface area contributed by atoms with E-state index in [-0.39, 0.29) is 11.9 Å². The van der Waals surface area contributed by atoms with Crippen molar-refractivity contribution in [3.63, 3.8) is 0 Å². The molecule has 3 amide bonds. The van der Waals surface area contributed by atoms with E-state index < -0.39 is 30.3 Å². The van der Waals surface area contributed by atoms with Gasteiger partial charge in [-0.2, -0.15) is 0 Å². The third-order valence-electron chi connectivity index (χ3n) is 6.28. The van der Waals surface area contributed by atoms with Crippen molar-refractivity contribution in [3.05, 3.63) is 77.2 Å². The first-order chi connectivity index (χ1) is 18.9. The molecule has 1 aliphatic heterocycles. The first kappa shape index (κ1) is 28.0. The minimum Gasteiger partial charge on any atom is -0.493 e. The Kier molecular flexibility index (Phi) is 9.45. The van der Waals surface area contributed by atoms with E-state index in [0.717, 1.165) is 12.8 Å². The maximum atomic E-state index is 13.8. The quantitative estimate of drug-likeness (QED) is 0.370. The largest absolute Gasteiger partial charge is 0.493 e. The van der Waals surface area contributed by atoms with Gasteiger partial charge in [0.25, 0.3) is 5.91 Å². The van der Waals surface area contributed by atoms with E-state index in [0.29, 0.717) is 40.9 Å². The van der Waals surface area contributed by atoms with Crippen LogP contribution in [0.15, 0.2) is 65.3 Å². The highest BCUT2D eigenvalue weighted by Gasteiger charge is 2.34. The summed E-state index contributed by atoms with van der Waals surface area (Å²) in [5.74, 6) is -0.611. The SMILES string of the molecule is COc1ccc([C@@H](C(=O)NC[C@H]2CCCO2)N(C(=O)CNC(=O)c2ccco2)c2ccc(Cl)cc2)cc1OC. The second kappa shape index (κ2) is 13.2. The van der Waals surface area contributed by atoms with E-state index in [9.17, 15) is 14.4 Å². The van der Waals surface area contributed by atoms with Crippen LogP contribution in [-0.4, -0.2) is 57.7 Å². The van der Waals surface area contributed by atoms with Crippen LogP contribution in [0.5, 0.6) is 11.5 Å². The molecule has 1 fully saturated rings. The zero-order chi connectivity index (χ0) is 27.8. The van der Waals surface area contributed by atoms with E-state index in [1.807, 2.05) is 0 Å². The molecule has 1 aliphatic rings. The molecular formula is C28H30ClN3O7. The molecule has 2 aromatic carbocycles. The van der Waals surface area contributed by atoms with Gasteiger partial charge in [0.15, 0.2) is 17.3 Å². The monoisotopic (exact) mass is 555 g/mol. The van der Waals surface area contributed by atoms with Crippen molar-refractivity contribution < 1.29 is 33.0 Å². The molecule has 1 aromatic heterocycles. The summed E-state index contributed by atoms with van der Waals surface area (Å²) in [7, 11) is 3.00. The molecule has 11 heteroatoms. The lowest BCUT2D eigenvalue weighted by Gasteiger charge is -2.32. The third-order valence-corrected chi connectivity index (χ3v) is 6.53. The van der Waals surface area contributed by atoms with Gasteiger partial charge in [-0.1, -0.05) is 17.7 Å². The molecule has 2 N–H and O–H groups in total. The molecule has 0 bridgehead atoms. The molecule has 0 radical (unpaired) electrons. The fourth-order valence-electron chi connectivity index (χ4n) is 4.33. The summed E-state index contributed by atoms with van der Waals surface area (Å²) >= 11 is 6.12. The molecule has 10 nitrogen and oxygen atoms in total. The van der Waals surface area contributed by atoms with Crippen molar-refractivity contribution in [2.75, 3.05) is 38.8 Å². The van der Waals surface area contributed by atoms with E-state index in [4.69, 9.17) is 30.2 Å². The second-order valence-electron chi connectivity index (χ2n) is 8.80. The molecule has 2 atom stereocenters. The fraction of sp³-hybridized carbons (Fsp3) is 0.321. The van der Waals surface area contributed by atoms with Gasteiger partial charge in [-0.25, -0.2) is 0 Å². The van der Waals surface area contributed by atoms with Crippen LogP contribution in [0.25, 0.3) is 0 Å². The molecular weight excluding hydrogens is 526 g/mol. The predicted octanol–water partition coefficient (Wildman–Crippen LogP) is 3.75. The van der Waals surface area contributed by atoms with Crippen LogP contribution in [0.4, 0.5) is 5.69 Å². The molecule has 1 saturated heterocycles. The number of benzene rings is 2. The van der Waals surface area contributed by atoms with E-state index in [1.54, 1.807) is 48.5 Å². The Morgan fingerprint density at radius 3 is 2.46 bits per heavy atom. The minimum absolute atomic E-state index is 0.0617. The Labute approximate surface area is 231 Å². The second-order valence-corrected chi connectivity index (χ2v) is 9.23. The number of hydrogen-bond acceptors (Lipinski definition) is 7. The van der Waals surface area contributed by atoms with Crippen LogP contribution < -0.4 is 25.0 Å². The Balaban J connectivity index is 1.70. The van der Waals surface area contributed by atoms with Gasteiger partial charge in [0, 0.05) is 23.9 Å². The van der Waals surface area contributed by atoms with E-state index >= 15 is 0 Å². The first-order valence-corrected chi connectivity index (χ1v) is 12.8. The van der Waals surface area contributed by atoms with E-state index in [1.165, 1.54) is 31.4 Å². The fourth-order valence-corrected chi connectivity index (χ4v) is 4.46. The molecule has 39 heavy (non-hydrogen) atoms. The normalized spacial score (nSPS) is 15.3. The average molecular weight is 556 g/mol. The Hall–Kier alpha value is -4.02. The summed E-state index contributed by atoms with van der Waals surface area (Å²) in [6.07, 6.45) is 3.01. The van der Waals surface area contributed by atoms with Gasteiger partial charge in [-0.05, 0) is 66.9 Å². The lowest BCUT2D eigenvalue weighted by molar-refractivity contribution is -0.126. The Bertz CT molecular complexity index is 1270. The number of ether oxygens (including phenoxy) is 3. The van der Waals surface area contributed by atoms with Crippen LogP contribution in [0.2, 0.25) is 5.02 Å². The van der Waals surface area contributed by atoms with Gasteiger partial charge in [0.2, 0.25) is 11.8 Å². The van der Waals surface area contributed by atoms with Gasteiger partial charge in [-0.3, -0.25) is 19.3 Å². The lowest BCUT2D eigenvalue weighted by Crippen LogP contribution is -2.48. The smallest absolute Gasteiger partial charge is 0.287 e. The van der Waals surface area contributed by atoms with Gasteiger partial charge in [0.05, 0.1) is 33.1 Å². The Morgan fingerprint density at radius 1 is 1.05 bits per heavy atom. The Morgan fingerprint density at radius 2 is 1.82 bits per heavy atom. The standard InChI is InChI=1S/C28H30ClN3O7/c1-36-22-12-7-18(15-24(22)37-2)26(28(35)30-16-21-5-3-13-38-21)32(20-10-8-19(29)9-11-20)25(33)17-31-27(34)23-6-4-14-39-23/h4,6-12,14-15,21,26H,3,5,13,16-17H2,1-2H3,(H,30,35)(H,31,34)/t21-,26+/m1/s1. The van der Waals surface area contributed by atoms with Crippen LogP contribution in [0.1, 0.15) is 35.0 Å². The van der Waals surface area contributed by atoms with Gasteiger partial charge in [-0.15, -0.1) is 0 Å². The molecule has 0 spiro atoms. The summed E-state index contributed by atoms with van der Waals surface area (Å²) in [4.78, 5) is 41.4. The average Bonchev–Trinajstić information content (AvgIpc) is 3.68. The molecule has 2 heterocycles. The van der Waals surface area contributed by atoms with Crippen molar-refractivity contribution in [2.24, 2.45) is 0 Å². The van der Waals surface area contributed by atoms with Gasteiger partial charge >= 0.3 is 0 Å². The number of rotatable bonds is 11. The highest BCUT2D eigenvalue weighted by atomic mass is 35.5. The number of methoxy groups -OCH3 is 2. The zero-order valence-corrected chi connectivity index (χ0v) is 22.4. The van der Waals surface area contributed by atoms with Gasteiger partial charge in [0.1, 0.15) is 6.04 Å². The number of furan rings is 1. The first-order valence-electron chi connectivity index (χ1n) is 12.4. The van der Waals surface area contributed by atoms with Crippen molar-refractivity contribution in [2.45, 2.75) is 25.0 Å². The zero-order valence-electron chi connectivity index (χ0n) is 21.6. The molecule has 0 unspecified atom stereocenters. The summed E-state index contributed by atoms with van der Waals surface area (Å²) in [5.41, 5.74) is 0.877. The summed E-state index contributed by atoms with van der Waals surface area (Å²) < 4.78 is 21.6. The number of nitrogens with zero attached hydrogens (tertiary/aromatic N) is 1. The van der Waals surface area contributed by atoms with Crippen LogP contribution in [-0.2, 0) is 14.3 Å². The summed E-state index contributed by atoms with van der Waals surface area (Å²) in [6, 6.07) is 13.4. The topological polar surface area (TPSA) is 119 Å². The predicted molar refractivity (Wildman–Crippen MR) is 144 cm³/mol. The maximum Gasteiger partial charge on any atom is 0.287 e. The molecule has 3 aromatic rings. The van der Waals surface area contributed by atoms with E-state index in [2.05, 4.69) is 10.6 Å². The lowest BCUT2D eigenvalue weighted by atomic mass is 10.0. The summed E-state index contributed by atoms with van der Waals surface area (Å²) in [5, 5.41) is 5.96. The van der Waals surface area contributed by atoms with Gasteiger partial charge < -0.3 is 29.3 Å². The van der Waals surface area contributed by atoms with Crippen LogP contribution in [0, 0.1) is 0 Å². The van der Waals surface area contributed by atoms with Crippen LogP contribution in [0.3, 0.4) is 0 Å². The number of amides is 3. The number of carbonyl (C=O) groups is 3. The molecule has 4 rings (SSSR count). The highest BCUT2D eigenvalue weighted by Crippen LogP contribution is 2.35. The highest BCUT2D eigenvalue weighted by molar-refractivity contribution is 6.30. The minimum atomic E-state index is -1.12. The number of anilines is 1. The van der Waals surface area contributed by atoms with Crippen LogP contribution >= 0.6 is 11.6 Å². The molecule has 0 saturated carbocycles. The van der Waals surface area contributed by atoms with Crippen molar-refractivity contribution in [1.29, 1.82) is 0 Å². The molecule has 0 aliphatic carbocycles. The number of hydrogen-bond donors (Lipinski definition) is 2. The number of carbonyl (C=O) groups excluding carboxylic acids is 3. The third kappa shape index (κ3) is 6.90. The van der Waals surface area contributed by atoms with Crippen molar-refractivity contribution >= 4 is 35.0 Å². The number of halogens is 1. The van der Waals surface area contributed by atoms with Crippen molar-refractivity contribution in [1.82, 2.24) is 10.6 Å².